The number of aliphatic carboxylic acids is 1. The largest absolute Gasteiger partial charge is 0.550 e. The Balaban J connectivity index is 1.51. The van der Waals surface area contributed by atoms with Gasteiger partial charge in [-0.3, -0.25) is 4.79 Å². The van der Waals surface area contributed by atoms with Crippen LogP contribution in [0.15, 0.2) is 30.9 Å². The molecular formula is C15H18N3O3-. The molecule has 1 N–H and O–H groups in total. The number of nitrogens with one attached hydrogen (secondary N) is 1. The number of imidazole rings is 1. The second kappa shape index (κ2) is 5.71. The van der Waals surface area contributed by atoms with Crippen LogP contribution in [-0.2, 0) is 16.1 Å². The summed E-state index contributed by atoms with van der Waals surface area (Å²) in [4.78, 5) is 27.5. The maximum absolute atomic E-state index is 12.3. The average Bonchev–Trinajstić information content (AvgIpc) is 3.18. The van der Waals surface area contributed by atoms with E-state index < -0.39 is 17.8 Å². The summed E-state index contributed by atoms with van der Waals surface area (Å²) < 4.78 is 1.94. The van der Waals surface area contributed by atoms with Crippen LogP contribution < -0.4 is 10.4 Å². The van der Waals surface area contributed by atoms with Crippen LogP contribution in [0, 0.1) is 23.7 Å². The summed E-state index contributed by atoms with van der Waals surface area (Å²) in [5.41, 5.74) is 0. The number of rotatable bonds is 6. The minimum atomic E-state index is -1.11. The van der Waals surface area contributed by atoms with E-state index in [1.165, 1.54) is 0 Å². The third kappa shape index (κ3) is 2.70. The van der Waals surface area contributed by atoms with E-state index in [0.29, 0.717) is 6.54 Å². The van der Waals surface area contributed by atoms with Gasteiger partial charge in [0.25, 0.3) is 0 Å². The van der Waals surface area contributed by atoms with Crippen LogP contribution in [0.5, 0.6) is 0 Å². The topological polar surface area (TPSA) is 87.0 Å². The van der Waals surface area contributed by atoms with E-state index in [1.54, 1.807) is 12.5 Å². The monoisotopic (exact) mass is 288 g/mol. The molecule has 2 bridgehead atoms. The average molecular weight is 288 g/mol. The first-order valence-electron chi connectivity index (χ1n) is 7.29. The van der Waals surface area contributed by atoms with Gasteiger partial charge in [0.2, 0.25) is 5.91 Å². The SMILES string of the molecule is O=C([O-])C1C2C=CC(C2)C1C(=O)NCCCn1ccnc1. The number of carbonyl (C=O) groups excluding carboxylic acids is 2. The Hall–Kier alpha value is -2.11. The van der Waals surface area contributed by atoms with E-state index in [4.69, 9.17) is 0 Å². The van der Waals surface area contributed by atoms with Crippen LogP contribution in [0.25, 0.3) is 0 Å². The second-order valence-corrected chi connectivity index (χ2v) is 5.76. The zero-order valence-electron chi connectivity index (χ0n) is 11.6. The van der Waals surface area contributed by atoms with Gasteiger partial charge in [0.15, 0.2) is 0 Å². The normalized spacial score (nSPS) is 29.7. The van der Waals surface area contributed by atoms with Gasteiger partial charge >= 0.3 is 0 Å². The lowest BCUT2D eigenvalue weighted by atomic mass is 9.82. The molecule has 4 atom stereocenters. The number of carbonyl (C=O) groups is 2. The first-order chi connectivity index (χ1) is 10.2. The van der Waals surface area contributed by atoms with Crippen molar-refractivity contribution in [3.05, 3.63) is 30.9 Å². The second-order valence-electron chi connectivity index (χ2n) is 5.76. The Kier molecular flexibility index (Phi) is 3.77. The zero-order valence-corrected chi connectivity index (χ0v) is 11.6. The van der Waals surface area contributed by atoms with Crippen molar-refractivity contribution in [3.8, 4) is 0 Å². The minimum Gasteiger partial charge on any atom is -0.550 e. The number of carboxylic acid groups (broad SMARTS) is 1. The maximum atomic E-state index is 12.3. The molecule has 1 fully saturated rings. The molecule has 2 aliphatic carbocycles. The quantitative estimate of drug-likeness (QED) is 0.569. The summed E-state index contributed by atoms with van der Waals surface area (Å²) in [6.07, 6.45) is 10.7. The summed E-state index contributed by atoms with van der Waals surface area (Å²) in [7, 11) is 0. The van der Waals surface area contributed by atoms with Crippen molar-refractivity contribution in [1.29, 1.82) is 0 Å². The van der Waals surface area contributed by atoms with Gasteiger partial charge in [0, 0.05) is 37.4 Å². The number of nitrogens with zero attached hydrogens (tertiary/aromatic N) is 2. The van der Waals surface area contributed by atoms with E-state index in [2.05, 4.69) is 10.3 Å². The van der Waals surface area contributed by atoms with Crippen LogP contribution in [0.2, 0.25) is 0 Å². The molecule has 4 unspecified atom stereocenters. The predicted octanol–water partition coefficient (Wildman–Crippen LogP) is -0.422. The minimum absolute atomic E-state index is 0.0401. The van der Waals surface area contributed by atoms with Crippen molar-refractivity contribution in [3.63, 3.8) is 0 Å². The molecule has 3 rings (SSSR count). The fraction of sp³-hybridized carbons (Fsp3) is 0.533. The van der Waals surface area contributed by atoms with Crippen molar-refractivity contribution < 1.29 is 14.7 Å². The summed E-state index contributed by atoms with van der Waals surface area (Å²) in [6.45, 7) is 1.31. The molecule has 0 aromatic carbocycles. The van der Waals surface area contributed by atoms with Gasteiger partial charge in [-0.1, -0.05) is 12.2 Å². The Labute approximate surface area is 122 Å². The molecule has 0 radical (unpaired) electrons. The Morgan fingerprint density at radius 2 is 2.05 bits per heavy atom. The Bertz CT molecular complexity index is 553. The number of fused-ring (bicyclic) bond motifs is 2. The summed E-state index contributed by atoms with van der Waals surface area (Å²) >= 11 is 0. The summed E-state index contributed by atoms with van der Waals surface area (Å²) in [5.74, 6) is -2.41. The van der Waals surface area contributed by atoms with Crippen LogP contribution in [0.3, 0.4) is 0 Å². The number of hydrogen-bond donors (Lipinski definition) is 1. The molecule has 1 aromatic rings. The third-order valence-electron chi connectivity index (χ3n) is 4.49. The van der Waals surface area contributed by atoms with E-state index in [9.17, 15) is 14.7 Å². The van der Waals surface area contributed by atoms with Gasteiger partial charge < -0.3 is 19.8 Å². The van der Waals surface area contributed by atoms with Gasteiger partial charge in [-0.15, -0.1) is 0 Å². The lowest BCUT2D eigenvalue weighted by Crippen LogP contribution is -2.45. The molecule has 1 saturated carbocycles. The first-order valence-corrected chi connectivity index (χ1v) is 7.29. The molecule has 0 spiro atoms. The molecule has 1 aromatic heterocycles. The highest BCUT2D eigenvalue weighted by atomic mass is 16.4. The van der Waals surface area contributed by atoms with E-state index in [-0.39, 0.29) is 17.7 Å². The van der Waals surface area contributed by atoms with Crippen molar-refractivity contribution in [2.75, 3.05) is 6.54 Å². The highest BCUT2D eigenvalue weighted by Crippen LogP contribution is 2.47. The van der Waals surface area contributed by atoms with Gasteiger partial charge in [0.1, 0.15) is 0 Å². The van der Waals surface area contributed by atoms with Crippen LogP contribution in [-0.4, -0.2) is 28.0 Å². The molecule has 21 heavy (non-hydrogen) atoms. The summed E-state index contributed by atoms with van der Waals surface area (Å²) in [6, 6.07) is 0. The lowest BCUT2D eigenvalue weighted by Gasteiger charge is -2.27. The van der Waals surface area contributed by atoms with Crippen molar-refractivity contribution in [2.24, 2.45) is 23.7 Å². The third-order valence-corrected chi connectivity index (χ3v) is 4.49. The van der Waals surface area contributed by atoms with Crippen molar-refractivity contribution in [1.82, 2.24) is 14.9 Å². The molecule has 112 valence electrons. The number of hydrogen-bond acceptors (Lipinski definition) is 4. The van der Waals surface area contributed by atoms with Crippen molar-refractivity contribution >= 4 is 11.9 Å². The molecule has 1 amide bonds. The van der Waals surface area contributed by atoms with Crippen LogP contribution in [0.1, 0.15) is 12.8 Å². The summed E-state index contributed by atoms with van der Waals surface area (Å²) in [5, 5.41) is 14.1. The van der Waals surface area contributed by atoms with E-state index >= 15 is 0 Å². The fourth-order valence-electron chi connectivity index (χ4n) is 3.51. The number of aromatic nitrogens is 2. The number of aryl methyl sites for hydroxylation is 1. The number of amides is 1. The smallest absolute Gasteiger partial charge is 0.224 e. The highest BCUT2D eigenvalue weighted by Gasteiger charge is 2.48. The molecule has 0 aliphatic heterocycles. The van der Waals surface area contributed by atoms with Gasteiger partial charge in [-0.05, 0) is 24.7 Å². The fourth-order valence-corrected chi connectivity index (χ4v) is 3.51. The number of allylic oxidation sites excluding steroid dienone is 2. The van der Waals surface area contributed by atoms with Crippen molar-refractivity contribution in [2.45, 2.75) is 19.4 Å². The first kappa shape index (κ1) is 13.9. The van der Waals surface area contributed by atoms with Crippen LogP contribution >= 0.6 is 0 Å². The Morgan fingerprint density at radius 1 is 1.29 bits per heavy atom. The van der Waals surface area contributed by atoms with Gasteiger partial charge in [0.05, 0.1) is 12.2 Å². The van der Waals surface area contributed by atoms with E-state index in [0.717, 1.165) is 19.4 Å². The molecule has 0 saturated heterocycles. The zero-order chi connectivity index (χ0) is 14.8. The molecule has 1 heterocycles. The van der Waals surface area contributed by atoms with E-state index in [1.807, 2.05) is 22.9 Å². The van der Waals surface area contributed by atoms with Crippen LogP contribution in [0.4, 0.5) is 0 Å². The van der Waals surface area contributed by atoms with Gasteiger partial charge in [-0.25, -0.2) is 4.98 Å². The standard InChI is InChI=1S/C15H19N3O3/c19-14(17-4-1-6-18-7-5-16-9-18)12-10-2-3-11(8-10)13(12)15(20)21/h2-3,5,7,9-13H,1,4,6,8H2,(H,17,19)(H,20,21)/p-1. The molecular weight excluding hydrogens is 270 g/mol. The lowest BCUT2D eigenvalue weighted by molar-refractivity contribution is -0.313. The molecule has 6 heteroatoms. The van der Waals surface area contributed by atoms with Gasteiger partial charge in [-0.2, -0.15) is 0 Å². The maximum Gasteiger partial charge on any atom is 0.224 e. The molecule has 2 aliphatic rings. The predicted molar refractivity (Wildman–Crippen MR) is 72.6 cm³/mol. The Morgan fingerprint density at radius 3 is 2.71 bits per heavy atom. The highest BCUT2D eigenvalue weighted by molar-refractivity contribution is 5.86. The number of carboxylic acids is 1. The molecule has 6 nitrogen and oxygen atoms in total.